The van der Waals surface area contributed by atoms with Crippen LogP contribution < -0.4 is 10.2 Å². The molecule has 2 aliphatic rings. The Kier molecular flexibility index (Phi) is 12.7. The van der Waals surface area contributed by atoms with Crippen LogP contribution in [0.2, 0.25) is 0 Å². The van der Waals surface area contributed by atoms with Crippen molar-refractivity contribution in [2.24, 2.45) is 0 Å². The molecule has 2 heterocycles. The third-order valence-corrected chi connectivity index (χ3v) is 7.32. The summed E-state index contributed by atoms with van der Waals surface area (Å²) < 4.78 is 12.5. The van der Waals surface area contributed by atoms with Crippen molar-refractivity contribution in [3.8, 4) is 0 Å². The van der Waals surface area contributed by atoms with Crippen molar-refractivity contribution < 1.29 is 14.2 Å². The lowest BCUT2D eigenvalue weighted by atomic mass is 10.0. The first-order valence-electron chi connectivity index (χ1n) is 13.3. The zero-order valence-corrected chi connectivity index (χ0v) is 24.0. The van der Waals surface area contributed by atoms with Crippen molar-refractivity contribution in [3.05, 3.63) is 73.6 Å². The van der Waals surface area contributed by atoms with Crippen LogP contribution in [-0.4, -0.2) is 86.1 Å². The van der Waals surface area contributed by atoms with Gasteiger partial charge in [0.1, 0.15) is 5.82 Å². The molecule has 0 saturated carbocycles. The summed E-state index contributed by atoms with van der Waals surface area (Å²) >= 11 is 0. The Labute approximate surface area is 231 Å². The molecule has 0 unspecified atom stereocenters. The van der Waals surface area contributed by atoms with Gasteiger partial charge in [-0.2, -0.15) is 0 Å². The minimum absolute atomic E-state index is 0.0797. The van der Waals surface area contributed by atoms with Crippen LogP contribution in [0.4, 0.5) is 21.5 Å². The second-order valence-electron chi connectivity index (χ2n) is 10.5. The van der Waals surface area contributed by atoms with E-state index in [1.807, 2.05) is 13.0 Å². The standard InChI is InChI=1S/C14H21N3O2.C7H6FNO2.C7H16N2/c1-11-10-13(17(18)19)4-5-14(11)16-8-6-12(7-9-16)15(2)3;1-5-4-6(9(10)11)2-3-7(5)8;1-9(2)7-3-5-8-6-4-7/h4-5,10,12H,6-9H2,1-3H3;2-4H,1H3;7-8H,3-6H2,1-2H3. The number of hydrogen-bond donors (Lipinski definition) is 1. The fourth-order valence-electron chi connectivity index (χ4n) is 4.80. The van der Waals surface area contributed by atoms with E-state index >= 15 is 0 Å². The smallest absolute Gasteiger partial charge is 0.269 e. The number of rotatable bonds is 5. The van der Waals surface area contributed by atoms with Crippen molar-refractivity contribution in [3.63, 3.8) is 0 Å². The molecule has 0 bridgehead atoms. The summed E-state index contributed by atoms with van der Waals surface area (Å²) in [6.07, 6.45) is 4.91. The molecule has 2 aromatic carbocycles. The number of piperidine rings is 2. The van der Waals surface area contributed by atoms with Gasteiger partial charge in [-0.3, -0.25) is 20.2 Å². The maximum Gasteiger partial charge on any atom is 0.269 e. The first-order chi connectivity index (χ1) is 18.4. The second-order valence-corrected chi connectivity index (χ2v) is 10.5. The highest BCUT2D eigenvalue weighted by atomic mass is 19.1. The van der Waals surface area contributed by atoms with Crippen LogP contribution in [0, 0.1) is 39.9 Å². The van der Waals surface area contributed by atoms with Gasteiger partial charge >= 0.3 is 0 Å². The Balaban J connectivity index is 0.000000226. The van der Waals surface area contributed by atoms with E-state index in [1.165, 1.54) is 38.9 Å². The Hall–Kier alpha value is -3.15. The average molecular weight is 547 g/mol. The molecule has 0 aliphatic carbocycles. The first-order valence-corrected chi connectivity index (χ1v) is 13.3. The van der Waals surface area contributed by atoms with Crippen LogP contribution in [-0.2, 0) is 0 Å². The van der Waals surface area contributed by atoms with E-state index in [0.29, 0.717) is 11.6 Å². The van der Waals surface area contributed by atoms with E-state index in [-0.39, 0.29) is 16.3 Å². The molecule has 2 aromatic rings. The molecule has 0 aromatic heterocycles. The van der Waals surface area contributed by atoms with E-state index in [0.717, 1.165) is 55.4 Å². The molecule has 11 heteroatoms. The largest absolute Gasteiger partial charge is 0.371 e. The van der Waals surface area contributed by atoms with Crippen LogP contribution in [0.1, 0.15) is 36.8 Å². The van der Waals surface area contributed by atoms with Gasteiger partial charge in [-0.05, 0) is 104 Å². The molecular formula is C28H43FN6O4. The normalized spacial score (nSPS) is 16.3. The highest BCUT2D eigenvalue weighted by Crippen LogP contribution is 2.28. The molecule has 2 aliphatic heterocycles. The van der Waals surface area contributed by atoms with E-state index in [4.69, 9.17) is 0 Å². The van der Waals surface area contributed by atoms with Gasteiger partial charge in [0, 0.05) is 55.1 Å². The number of halogens is 1. The molecule has 2 fully saturated rings. The summed E-state index contributed by atoms with van der Waals surface area (Å²) in [5.41, 5.74) is 2.49. The van der Waals surface area contributed by atoms with Gasteiger partial charge in [-0.15, -0.1) is 0 Å². The Bertz CT molecular complexity index is 1080. The highest BCUT2D eigenvalue weighted by Gasteiger charge is 2.22. The van der Waals surface area contributed by atoms with E-state index in [1.54, 1.807) is 12.1 Å². The number of non-ortho nitro benzene ring substituents is 2. The molecule has 4 rings (SSSR count). The predicted molar refractivity (Wildman–Crippen MR) is 154 cm³/mol. The van der Waals surface area contributed by atoms with Gasteiger partial charge in [0.15, 0.2) is 0 Å². The third-order valence-electron chi connectivity index (χ3n) is 7.32. The lowest BCUT2D eigenvalue weighted by molar-refractivity contribution is -0.385. The molecule has 0 radical (unpaired) electrons. The van der Waals surface area contributed by atoms with E-state index in [2.05, 4.69) is 48.2 Å². The summed E-state index contributed by atoms with van der Waals surface area (Å²) in [5.74, 6) is -0.421. The molecule has 1 N–H and O–H groups in total. The molecule has 0 amide bonds. The summed E-state index contributed by atoms with van der Waals surface area (Å²) in [6, 6.07) is 10.0. The lowest BCUT2D eigenvalue weighted by Gasteiger charge is -2.37. The van der Waals surface area contributed by atoms with Crippen LogP contribution in [0.5, 0.6) is 0 Å². The molecule has 216 valence electrons. The number of nitrogens with zero attached hydrogens (tertiary/aromatic N) is 5. The molecule has 0 atom stereocenters. The first kappa shape index (κ1) is 32.1. The molecular weight excluding hydrogens is 503 g/mol. The van der Waals surface area contributed by atoms with Crippen LogP contribution in [0.15, 0.2) is 36.4 Å². The number of aryl methyl sites for hydroxylation is 2. The van der Waals surface area contributed by atoms with Crippen molar-refractivity contribution in [1.29, 1.82) is 0 Å². The zero-order chi connectivity index (χ0) is 29.1. The fraction of sp³-hybridized carbons (Fsp3) is 0.571. The Morgan fingerprint density at radius 3 is 1.67 bits per heavy atom. The van der Waals surface area contributed by atoms with Gasteiger partial charge in [-0.25, -0.2) is 4.39 Å². The number of nitro groups is 2. The van der Waals surface area contributed by atoms with Gasteiger partial charge in [0.2, 0.25) is 0 Å². The van der Waals surface area contributed by atoms with Gasteiger partial charge in [-0.1, -0.05) is 0 Å². The summed E-state index contributed by atoms with van der Waals surface area (Å²) in [4.78, 5) is 26.9. The zero-order valence-electron chi connectivity index (χ0n) is 24.0. The maximum absolute atomic E-state index is 12.5. The molecule has 10 nitrogen and oxygen atoms in total. The van der Waals surface area contributed by atoms with E-state index < -0.39 is 10.7 Å². The topological polar surface area (TPSA) is 108 Å². The number of anilines is 1. The van der Waals surface area contributed by atoms with Gasteiger partial charge in [0.05, 0.1) is 9.85 Å². The molecule has 2 saturated heterocycles. The van der Waals surface area contributed by atoms with Crippen LogP contribution in [0.3, 0.4) is 0 Å². The molecule has 0 spiro atoms. The maximum atomic E-state index is 12.5. The van der Waals surface area contributed by atoms with Crippen LogP contribution in [0.25, 0.3) is 0 Å². The summed E-state index contributed by atoms with van der Waals surface area (Å²) in [7, 11) is 8.57. The Morgan fingerprint density at radius 1 is 0.795 bits per heavy atom. The van der Waals surface area contributed by atoms with Crippen LogP contribution >= 0.6 is 0 Å². The van der Waals surface area contributed by atoms with Crippen molar-refractivity contribution >= 4 is 17.1 Å². The van der Waals surface area contributed by atoms with Gasteiger partial charge in [0.25, 0.3) is 11.4 Å². The minimum atomic E-state index is -0.549. The number of hydrogen-bond acceptors (Lipinski definition) is 8. The number of nitro benzene ring substituents is 2. The fourth-order valence-corrected chi connectivity index (χ4v) is 4.80. The predicted octanol–water partition coefficient (Wildman–Crippen LogP) is 4.78. The Morgan fingerprint density at radius 2 is 1.26 bits per heavy atom. The van der Waals surface area contributed by atoms with Crippen molar-refractivity contribution in [2.75, 3.05) is 59.3 Å². The van der Waals surface area contributed by atoms with Crippen molar-refractivity contribution in [1.82, 2.24) is 15.1 Å². The monoisotopic (exact) mass is 546 g/mol. The lowest BCUT2D eigenvalue weighted by Crippen LogP contribution is -2.42. The van der Waals surface area contributed by atoms with E-state index in [9.17, 15) is 24.6 Å². The number of nitrogens with one attached hydrogen (secondary N) is 1. The average Bonchev–Trinajstić information content (AvgIpc) is 2.91. The SMILES string of the molecule is CN(C)C1CCNCC1.Cc1cc([N+](=O)[O-])ccc1F.Cc1cc([N+](=O)[O-])ccc1N1CCC(N(C)C)CC1. The van der Waals surface area contributed by atoms with Crippen molar-refractivity contribution in [2.45, 2.75) is 51.6 Å². The highest BCUT2D eigenvalue weighted by molar-refractivity contribution is 5.57. The third kappa shape index (κ3) is 10.2. The van der Waals surface area contributed by atoms with Gasteiger partial charge < -0.3 is 20.0 Å². The summed E-state index contributed by atoms with van der Waals surface area (Å²) in [5, 5.41) is 24.2. The quantitative estimate of drug-likeness (QED) is 0.422. The summed E-state index contributed by atoms with van der Waals surface area (Å²) in [6.45, 7) is 7.86. The minimum Gasteiger partial charge on any atom is -0.371 e. The number of benzene rings is 2. The second kappa shape index (κ2) is 15.4. The molecule has 39 heavy (non-hydrogen) atoms.